The van der Waals surface area contributed by atoms with E-state index in [4.69, 9.17) is 23.2 Å². The standard InChI is InChI=1S/C20H28Cl2N2/c1-2-3-4-8-19(22)16-20-23-13-15-24(20)14-6-5-7-17-9-11-18(21)12-10-17/h9-13,15,19H,2-8,14,16H2,1H3/p+1. The van der Waals surface area contributed by atoms with Gasteiger partial charge in [-0.05, 0) is 43.4 Å². The second-order valence-corrected chi connectivity index (χ2v) is 7.53. The first-order valence-corrected chi connectivity index (χ1v) is 9.94. The van der Waals surface area contributed by atoms with Crippen LogP contribution in [0.3, 0.4) is 0 Å². The number of nitrogens with one attached hydrogen (secondary N) is 1. The topological polar surface area (TPSA) is 19.7 Å². The molecule has 1 aromatic heterocycles. The first kappa shape index (κ1) is 19.3. The minimum absolute atomic E-state index is 0.232. The van der Waals surface area contributed by atoms with Gasteiger partial charge < -0.3 is 0 Å². The maximum atomic E-state index is 6.49. The molecule has 0 saturated carbocycles. The van der Waals surface area contributed by atoms with Crippen molar-refractivity contribution in [3.8, 4) is 0 Å². The monoisotopic (exact) mass is 367 g/mol. The molecule has 1 aromatic carbocycles. The molecule has 1 atom stereocenters. The Morgan fingerprint density at radius 3 is 2.62 bits per heavy atom. The fraction of sp³-hybridized carbons (Fsp3) is 0.550. The molecule has 0 saturated heterocycles. The summed E-state index contributed by atoms with van der Waals surface area (Å²) in [6.45, 7) is 3.28. The second kappa shape index (κ2) is 10.8. The minimum Gasteiger partial charge on any atom is -0.248 e. The van der Waals surface area contributed by atoms with Crippen molar-refractivity contribution < 1.29 is 4.57 Å². The second-order valence-electron chi connectivity index (χ2n) is 6.48. The quantitative estimate of drug-likeness (QED) is 0.298. The Kier molecular flexibility index (Phi) is 8.69. The number of H-pyrrole nitrogens is 1. The first-order chi connectivity index (χ1) is 11.7. The van der Waals surface area contributed by atoms with Gasteiger partial charge in [-0.3, -0.25) is 0 Å². The van der Waals surface area contributed by atoms with Crippen molar-refractivity contribution in [1.82, 2.24) is 4.98 Å². The molecule has 1 unspecified atom stereocenters. The summed E-state index contributed by atoms with van der Waals surface area (Å²) in [6, 6.07) is 8.17. The summed E-state index contributed by atoms with van der Waals surface area (Å²) in [5.41, 5.74) is 1.36. The van der Waals surface area contributed by atoms with Crippen LogP contribution in [0.5, 0.6) is 0 Å². The van der Waals surface area contributed by atoms with Crippen molar-refractivity contribution >= 4 is 23.2 Å². The number of rotatable bonds is 11. The summed E-state index contributed by atoms with van der Waals surface area (Å²) < 4.78 is 2.32. The van der Waals surface area contributed by atoms with Crippen LogP contribution in [-0.2, 0) is 19.4 Å². The van der Waals surface area contributed by atoms with Gasteiger partial charge in [0.25, 0.3) is 5.82 Å². The molecule has 0 aliphatic carbocycles. The van der Waals surface area contributed by atoms with Crippen molar-refractivity contribution in [2.75, 3.05) is 0 Å². The predicted octanol–water partition coefficient (Wildman–Crippen LogP) is 5.71. The van der Waals surface area contributed by atoms with E-state index < -0.39 is 0 Å². The van der Waals surface area contributed by atoms with Gasteiger partial charge in [-0.15, -0.1) is 11.6 Å². The first-order valence-electron chi connectivity index (χ1n) is 9.13. The van der Waals surface area contributed by atoms with Gasteiger partial charge in [0.05, 0.1) is 13.0 Å². The Morgan fingerprint density at radius 1 is 1.08 bits per heavy atom. The summed E-state index contributed by atoms with van der Waals surface area (Å²) in [5.74, 6) is 1.25. The largest absolute Gasteiger partial charge is 0.255 e. The number of aryl methyl sites for hydroxylation is 2. The van der Waals surface area contributed by atoms with Crippen LogP contribution in [0.15, 0.2) is 36.7 Å². The fourth-order valence-electron chi connectivity index (χ4n) is 2.97. The molecular weight excluding hydrogens is 339 g/mol. The Balaban J connectivity index is 1.71. The molecule has 2 rings (SSSR count). The zero-order valence-corrected chi connectivity index (χ0v) is 16.1. The lowest BCUT2D eigenvalue weighted by molar-refractivity contribution is -0.703. The molecule has 24 heavy (non-hydrogen) atoms. The maximum Gasteiger partial charge on any atom is 0.255 e. The number of halogens is 2. The van der Waals surface area contributed by atoms with Gasteiger partial charge in [-0.1, -0.05) is 49.9 Å². The van der Waals surface area contributed by atoms with Crippen molar-refractivity contribution in [3.63, 3.8) is 0 Å². The number of hydrogen-bond donors (Lipinski definition) is 1. The van der Waals surface area contributed by atoms with E-state index in [2.05, 4.69) is 34.8 Å². The van der Waals surface area contributed by atoms with Crippen LogP contribution in [0.4, 0.5) is 0 Å². The highest BCUT2D eigenvalue weighted by atomic mass is 35.5. The lowest BCUT2D eigenvalue weighted by atomic mass is 10.1. The number of unbranched alkanes of at least 4 members (excludes halogenated alkanes) is 3. The number of imidazole rings is 1. The van der Waals surface area contributed by atoms with Gasteiger partial charge in [0.15, 0.2) is 0 Å². The van der Waals surface area contributed by atoms with Gasteiger partial charge in [0, 0.05) is 10.4 Å². The molecule has 0 fully saturated rings. The van der Waals surface area contributed by atoms with Crippen molar-refractivity contribution in [2.45, 2.75) is 70.2 Å². The van der Waals surface area contributed by atoms with Gasteiger partial charge in [-0.25, -0.2) is 9.55 Å². The molecule has 1 N–H and O–H groups in total. The predicted molar refractivity (Wildman–Crippen MR) is 103 cm³/mol. The normalized spacial score (nSPS) is 12.5. The SMILES string of the molecule is CCCCCC(Cl)Cc1[nH]cc[n+]1CCCCc1ccc(Cl)cc1. The summed E-state index contributed by atoms with van der Waals surface area (Å²) in [5, 5.41) is 1.04. The Bertz CT molecular complexity index is 578. The smallest absolute Gasteiger partial charge is 0.248 e. The molecule has 4 heteroatoms. The summed E-state index contributed by atoms with van der Waals surface area (Å²) in [6.07, 6.45) is 13.4. The highest BCUT2D eigenvalue weighted by Gasteiger charge is 2.15. The lowest BCUT2D eigenvalue weighted by Gasteiger charge is -2.07. The third-order valence-corrected chi connectivity index (χ3v) is 5.04. The fourth-order valence-corrected chi connectivity index (χ4v) is 3.40. The molecule has 2 nitrogen and oxygen atoms in total. The molecule has 2 aromatic rings. The number of hydrogen-bond acceptors (Lipinski definition) is 0. The van der Waals surface area contributed by atoms with E-state index >= 15 is 0 Å². The summed E-state index contributed by atoms with van der Waals surface area (Å²) in [7, 11) is 0. The van der Waals surface area contributed by atoms with E-state index in [1.54, 1.807) is 0 Å². The minimum atomic E-state index is 0.232. The summed E-state index contributed by atoms with van der Waals surface area (Å²) in [4.78, 5) is 3.36. The molecule has 1 heterocycles. The van der Waals surface area contributed by atoms with Crippen LogP contribution < -0.4 is 4.57 Å². The van der Waals surface area contributed by atoms with E-state index in [0.29, 0.717) is 0 Å². The third-order valence-electron chi connectivity index (χ3n) is 4.41. The Labute approximate surface area is 156 Å². The van der Waals surface area contributed by atoms with E-state index in [0.717, 1.165) is 30.8 Å². The Hall–Kier alpha value is -0.990. The molecule has 0 aliphatic rings. The third kappa shape index (κ3) is 6.86. The van der Waals surface area contributed by atoms with Crippen LogP contribution in [0, 0.1) is 0 Å². The van der Waals surface area contributed by atoms with Crippen LogP contribution in [0.2, 0.25) is 5.02 Å². The number of aromatic amines is 1. The Morgan fingerprint density at radius 2 is 1.88 bits per heavy atom. The zero-order chi connectivity index (χ0) is 17.2. The van der Waals surface area contributed by atoms with Gasteiger partial charge in [0.2, 0.25) is 0 Å². The molecule has 132 valence electrons. The molecule has 0 spiro atoms. The van der Waals surface area contributed by atoms with E-state index in [1.165, 1.54) is 43.5 Å². The van der Waals surface area contributed by atoms with Crippen LogP contribution in [-0.4, -0.2) is 10.4 Å². The molecule has 0 bridgehead atoms. The van der Waals surface area contributed by atoms with Crippen LogP contribution >= 0.6 is 23.2 Å². The summed E-state index contributed by atoms with van der Waals surface area (Å²) >= 11 is 12.4. The number of aromatic nitrogens is 2. The van der Waals surface area contributed by atoms with Gasteiger partial charge >= 0.3 is 0 Å². The average Bonchev–Trinajstić information content (AvgIpc) is 3.00. The zero-order valence-electron chi connectivity index (χ0n) is 14.6. The highest BCUT2D eigenvalue weighted by molar-refractivity contribution is 6.30. The average molecular weight is 368 g/mol. The van der Waals surface area contributed by atoms with Crippen molar-refractivity contribution in [1.29, 1.82) is 0 Å². The molecule has 0 radical (unpaired) electrons. The van der Waals surface area contributed by atoms with E-state index in [-0.39, 0.29) is 5.38 Å². The molecule has 0 aliphatic heterocycles. The number of nitrogens with zero attached hydrogens (tertiary/aromatic N) is 1. The van der Waals surface area contributed by atoms with Crippen molar-refractivity contribution in [3.05, 3.63) is 53.1 Å². The van der Waals surface area contributed by atoms with Gasteiger partial charge in [-0.2, -0.15) is 0 Å². The molecular formula is C20H29Cl2N2+. The number of alkyl halides is 1. The van der Waals surface area contributed by atoms with Gasteiger partial charge in [0.1, 0.15) is 12.4 Å². The maximum absolute atomic E-state index is 6.49. The number of benzene rings is 1. The van der Waals surface area contributed by atoms with Crippen molar-refractivity contribution in [2.24, 2.45) is 0 Å². The van der Waals surface area contributed by atoms with E-state index in [1.807, 2.05) is 18.3 Å². The van der Waals surface area contributed by atoms with Crippen LogP contribution in [0.1, 0.15) is 56.8 Å². The van der Waals surface area contributed by atoms with Crippen LogP contribution in [0.25, 0.3) is 0 Å². The highest BCUT2D eigenvalue weighted by Crippen LogP contribution is 2.13. The lowest BCUT2D eigenvalue weighted by Crippen LogP contribution is -2.37. The van der Waals surface area contributed by atoms with E-state index in [9.17, 15) is 0 Å². The molecule has 0 amide bonds.